The van der Waals surface area contributed by atoms with Gasteiger partial charge in [-0.2, -0.15) is 0 Å². The number of thiazole rings is 2. The number of anilines is 2. The minimum absolute atomic E-state index is 0.258. The SMILES string of the molecule is Cc1csc(NC(=O)c2csc(NCc3ccco3)n2)n1. The number of hydrogen-bond donors (Lipinski definition) is 2. The third-order valence-electron chi connectivity index (χ3n) is 2.57. The van der Waals surface area contributed by atoms with E-state index in [-0.39, 0.29) is 5.91 Å². The molecule has 108 valence electrons. The van der Waals surface area contributed by atoms with Crippen molar-refractivity contribution < 1.29 is 9.21 Å². The third-order valence-corrected chi connectivity index (χ3v) is 4.25. The Morgan fingerprint density at radius 1 is 1.29 bits per heavy atom. The molecule has 3 heterocycles. The van der Waals surface area contributed by atoms with Crippen molar-refractivity contribution in [2.75, 3.05) is 10.6 Å². The number of rotatable bonds is 5. The zero-order valence-electron chi connectivity index (χ0n) is 11.1. The smallest absolute Gasteiger partial charge is 0.276 e. The number of hydrogen-bond acceptors (Lipinski definition) is 7. The van der Waals surface area contributed by atoms with E-state index < -0.39 is 0 Å². The summed E-state index contributed by atoms with van der Waals surface area (Å²) in [7, 11) is 0. The number of aryl methyl sites for hydroxylation is 1. The van der Waals surface area contributed by atoms with Gasteiger partial charge >= 0.3 is 0 Å². The van der Waals surface area contributed by atoms with Crippen molar-refractivity contribution >= 4 is 38.8 Å². The maximum atomic E-state index is 12.0. The molecule has 0 aromatic carbocycles. The quantitative estimate of drug-likeness (QED) is 0.753. The van der Waals surface area contributed by atoms with Gasteiger partial charge < -0.3 is 9.73 Å². The molecule has 0 spiro atoms. The number of carbonyl (C=O) groups excluding carboxylic acids is 1. The van der Waals surface area contributed by atoms with Crippen LogP contribution >= 0.6 is 22.7 Å². The molecule has 3 aromatic heterocycles. The van der Waals surface area contributed by atoms with Crippen LogP contribution in [0.3, 0.4) is 0 Å². The molecule has 3 aromatic rings. The standard InChI is InChI=1S/C13H12N4O2S2/c1-8-6-20-13(15-8)17-11(18)10-7-21-12(16-10)14-5-9-3-2-4-19-9/h2-4,6-7H,5H2,1H3,(H,14,16)(H,15,17,18). The second-order valence-corrected chi connectivity index (χ2v) is 5.94. The Labute approximate surface area is 128 Å². The second kappa shape index (κ2) is 6.06. The van der Waals surface area contributed by atoms with Crippen molar-refractivity contribution in [2.45, 2.75) is 13.5 Å². The number of nitrogens with zero attached hydrogens (tertiary/aromatic N) is 2. The summed E-state index contributed by atoms with van der Waals surface area (Å²) in [6, 6.07) is 3.70. The predicted octanol–water partition coefficient (Wildman–Crippen LogP) is 3.37. The van der Waals surface area contributed by atoms with E-state index >= 15 is 0 Å². The van der Waals surface area contributed by atoms with E-state index in [1.54, 1.807) is 11.6 Å². The Balaban J connectivity index is 1.60. The molecule has 0 unspecified atom stereocenters. The number of nitrogens with one attached hydrogen (secondary N) is 2. The van der Waals surface area contributed by atoms with E-state index in [1.807, 2.05) is 24.4 Å². The molecule has 0 saturated carbocycles. The van der Waals surface area contributed by atoms with Crippen molar-refractivity contribution in [2.24, 2.45) is 0 Å². The summed E-state index contributed by atoms with van der Waals surface area (Å²) >= 11 is 2.77. The first-order valence-electron chi connectivity index (χ1n) is 6.16. The molecule has 3 rings (SSSR count). The topological polar surface area (TPSA) is 80.0 Å². The van der Waals surface area contributed by atoms with Gasteiger partial charge in [-0.05, 0) is 19.1 Å². The Bertz CT molecular complexity index is 733. The van der Waals surface area contributed by atoms with Crippen LogP contribution in [0.4, 0.5) is 10.3 Å². The number of carbonyl (C=O) groups is 1. The van der Waals surface area contributed by atoms with E-state index in [4.69, 9.17) is 4.42 Å². The van der Waals surface area contributed by atoms with Gasteiger partial charge in [0.2, 0.25) is 0 Å². The Morgan fingerprint density at radius 3 is 2.86 bits per heavy atom. The molecule has 0 radical (unpaired) electrons. The summed E-state index contributed by atoms with van der Waals surface area (Å²) in [4.78, 5) is 20.5. The molecule has 2 N–H and O–H groups in total. The van der Waals surface area contributed by atoms with Crippen molar-refractivity contribution in [1.29, 1.82) is 0 Å². The highest BCUT2D eigenvalue weighted by Crippen LogP contribution is 2.19. The lowest BCUT2D eigenvalue weighted by molar-refractivity contribution is 0.102. The molecular weight excluding hydrogens is 308 g/mol. The molecular formula is C13H12N4O2S2. The molecule has 0 atom stereocenters. The zero-order chi connectivity index (χ0) is 14.7. The van der Waals surface area contributed by atoms with Gasteiger partial charge in [-0.15, -0.1) is 22.7 Å². The van der Waals surface area contributed by atoms with E-state index in [2.05, 4.69) is 20.6 Å². The summed E-state index contributed by atoms with van der Waals surface area (Å²) in [5, 5.41) is 10.7. The summed E-state index contributed by atoms with van der Waals surface area (Å²) in [5.74, 6) is 0.557. The lowest BCUT2D eigenvalue weighted by atomic mass is 10.4. The maximum Gasteiger partial charge on any atom is 0.276 e. The van der Waals surface area contributed by atoms with Gasteiger partial charge in [0.25, 0.3) is 5.91 Å². The van der Waals surface area contributed by atoms with Crippen LogP contribution in [0.25, 0.3) is 0 Å². The molecule has 0 bridgehead atoms. The van der Waals surface area contributed by atoms with Gasteiger partial charge in [0.05, 0.1) is 18.5 Å². The van der Waals surface area contributed by atoms with Crippen LogP contribution in [0.2, 0.25) is 0 Å². The van der Waals surface area contributed by atoms with E-state index in [9.17, 15) is 4.79 Å². The van der Waals surface area contributed by atoms with Crippen molar-refractivity contribution in [1.82, 2.24) is 9.97 Å². The van der Waals surface area contributed by atoms with Crippen LogP contribution in [0.15, 0.2) is 33.6 Å². The average molecular weight is 320 g/mol. The van der Waals surface area contributed by atoms with Gasteiger partial charge in [-0.3, -0.25) is 10.1 Å². The summed E-state index contributed by atoms with van der Waals surface area (Å²) in [5.41, 5.74) is 1.25. The van der Waals surface area contributed by atoms with Crippen LogP contribution in [-0.4, -0.2) is 15.9 Å². The first kappa shape index (κ1) is 13.8. The van der Waals surface area contributed by atoms with Gasteiger partial charge in [-0.25, -0.2) is 9.97 Å². The highest BCUT2D eigenvalue weighted by atomic mass is 32.1. The molecule has 0 aliphatic carbocycles. The van der Waals surface area contributed by atoms with Crippen LogP contribution in [0, 0.1) is 6.92 Å². The van der Waals surface area contributed by atoms with E-state index in [0.29, 0.717) is 22.5 Å². The van der Waals surface area contributed by atoms with Gasteiger partial charge in [0, 0.05) is 10.8 Å². The summed E-state index contributed by atoms with van der Waals surface area (Å²) in [6.45, 7) is 2.42. The first-order chi connectivity index (χ1) is 10.2. The first-order valence-corrected chi connectivity index (χ1v) is 7.92. The number of furan rings is 1. The van der Waals surface area contributed by atoms with Crippen LogP contribution in [0.5, 0.6) is 0 Å². The predicted molar refractivity (Wildman–Crippen MR) is 83.0 cm³/mol. The molecule has 0 saturated heterocycles. The van der Waals surface area contributed by atoms with Crippen LogP contribution < -0.4 is 10.6 Å². The second-order valence-electron chi connectivity index (χ2n) is 4.22. The minimum atomic E-state index is -0.258. The summed E-state index contributed by atoms with van der Waals surface area (Å²) < 4.78 is 5.22. The fraction of sp³-hybridized carbons (Fsp3) is 0.154. The normalized spacial score (nSPS) is 10.5. The third kappa shape index (κ3) is 3.47. The van der Waals surface area contributed by atoms with Crippen molar-refractivity contribution in [3.8, 4) is 0 Å². The highest BCUT2D eigenvalue weighted by molar-refractivity contribution is 7.14. The average Bonchev–Trinajstić information content (AvgIpc) is 3.17. The van der Waals surface area contributed by atoms with Gasteiger partial charge in [-0.1, -0.05) is 0 Å². The van der Waals surface area contributed by atoms with Gasteiger partial charge in [0.1, 0.15) is 11.5 Å². The van der Waals surface area contributed by atoms with Crippen LogP contribution in [0.1, 0.15) is 21.9 Å². The molecule has 21 heavy (non-hydrogen) atoms. The minimum Gasteiger partial charge on any atom is -0.467 e. The van der Waals surface area contributed by atoms with Gasteiger partial charge in [0.15, 0.2) is 10.3 Å². The van der Waals surface area contributed by atoms with Crippen LogP contribution in [-0.2, 0) is 6.54 Å². The Kier molecular flexibility index (Phi) is 3.98. The largest absolute Gasteiger partial charge is 0.467 e. The molecule has 0 fully saturated rings. The fourth-order valence-corrected chi connectivity index (χ4v) is 2.98. The molecule has 0 aliphatic heterocycles. The molecule has 0 aliphatic rings. The summed E-state index contributed by atoms with van der Waals surface area (Å²) in [6.07, 6.45) is 1.62. The number of amides is 1. The molecule has 1 amide bonds. The van der Waals surface area contributed by atoms with Crippen molar-refractivity contribution in [3.63, 3.8) is 0 Å². The fourth-order valence-electron chi connectivity index (χ4n) is 1.61. The Morgan fingerprint density at radius 2 is 2.14 bits per heavy atom. The zero-order valence-corrected chi connectivity index (χ0v) is 12.8. The monoisotopic (exact) mass is 320 g/mol. The maximum absolute atomic E-state index is 12.0. The van der Waals surface area contributed by atoms with E-state index in [1.165, 1.54) is 22.7 Å². The molecule has 8 heteroatoms. The highest BCUT2D eigenvalue weighted by Gasteiger charge is 2.12. The Hall–Kier alpha value is -2.19. The van der Waals surface area contributed by atoms with E-state index in [0.717, 1.165) is 11.5 Å². The van der Waals surface area contributed by atoms with Crippen molar-refractivity contribution in [3.05, 3.63) is 46.3 Å². The number of aromatic nitrogens is 2. The lowest BCUT2D eigenvalue weighted by Crippen LogP contribution is -2.12. The lowest BCUT2D eigenvalue weighted by Gasteiger charge is -1.99. The molecule has 6 nitrogen and oxygen atoms in total.